The van der Waals surface area contributed by atoms with Gasteiger partial charge in [-0.2, -0.15) is 0 Å². The number of amides is 2. The van der Waals surface area contributed by atoms with Gasteiger partial charge in [-0.3, -0.25) is 14.5 Å². The second kappa shape index (κ2) is 16.0. The lowest BCUT2D eigenvalue weighted by Gasteiger charge is -2.30. The van der Waals surface area contributed by atoms with Gasteiger partial charge in [0.1, 0.15) is 28.6 Å². The Morgan fingerprint density at radius 2 is 1.67 bits per heavy atom. The van der Waals surface area contributed by atoms with Crippen LogP contribution in [-0.4, -0.2) is 70.3 Å². The van der Waals surface area contributed by atoms with Gasteiger partial charge in [-0.25, -0.2) is 9.37 Å². The maximum atomic E-state index is 14.4. The first-order valence-corrected chi connectivity index (χ1v) is 17.5. The quantitative estimate of drug-likeness (QED) is 0.144. The van der Waals surface area contributed by atoms with E-state index in [4.69, 9.17) is 9.47 Å². The molecule has 2 amide bonds. The maximum Gasteiger partial charge on any atom is 0.257 e. The number of hydrogen-bond acceptors (Lipinski definition) is 8. The van der Waals surface area contributed by atoms with E-state index in [1.165, 1.54) is 6.07 Å². The number of phenolic OH excluding ortho intramolecular Hbond substituents is 2. The number of aromatic nitrogens is 1. The lowest BCUT2D eigenvalue weighted by Crippen LogP contribution is -2.44. The highest BCUT2D eigenvalue weighted by Crippen LogP contribution is 2.33. The summed E-state index contributed by atoms with van der Waals surface area (Å²) in [4.78, 5) is 32.6. The summed E-state index contributed by atoms with van der Waals surface area (Å²) < 4.78 is 26.9. The number of hydrogen-bond donors (Lipinski definition) is 4. The normalized spacial score (nSPS) is 18.3. The van der Waals surface area contributed by atoms with Crippen LogP contribution >= 0.6 is 22.6 Å². The molecule has 256 valence electrons. The molecule has 1 saturated heterocycles. The number of carbonyl (C=O) groups is 2. The summed E-state index contributed by atoms with van der Waals surface area (Å²) in [6, 6.07) is 18.3. The van der Waals surface area contributed by atoms with Crippen LogP contribution in [0.1, 0.15) is 58.4 Å². The first-order valence-electron chi connectivity index (χ1n) is 16.4. The van der Waals surface area contributed by atoms with Crippen molar-refractivity contribution in [2.24, 2.45) is 0 Å². The van der Waals surface area contributed by atoms with Crippen LogP contribution in [-0.2, 0) is 11.3 Å². The molecule has 10 nitrogen and oxygen atoms in total. The highest BCUT2D eigenvalue weighted by molar-refractivity contribution is 14.1. The van der Waals surface area contributed by atoms with Gasteiger partial charge in [-0.15, -0.1) is 0 Å². The zero-order valence-corrected chi connectivity index (χ0v) is 29.0. The van der Waals surface area contributed by atoms with E-state index in [-0.39, 0.29) is 46.5 Å². The van der Waals surface area contributed by atoms with Gasteiger partial charge < -0.3 is 30.3 Å². The predicted molar refractivity (Wildman–Crippen MR) is 190 cm³/mol. The molecular formula is C37H38FIN4O6. The summed E-state index contributed by atoms with van der Waals surface area (Å²) in [6.45, 7) is 3.75. The number of aromatic hydroxyl groups is 2. The van der Waals surface area contributed by atoms with Crippen LogP contribution in [0.5, 0.6) is 23.1 Å². The number of pyridine rings is 1. The summed E-state index contributed by atoms with van der Waals surface area (Å²) in [7, 11) is 0. The van der Waals surface area contributed by atoms with Crippen molar-refractivity contribution in [1.82, 2.24) is 20.5 Å². The van der Waals surface area contributed by atoms with Gasteiger partial charge >= 0.3 is 0 Å². The molecule has 1 aliphatic heterocycles. The molecule has 12 heteroatoms. The Labute approximate surface area is 297 Å². The van der Waals surface area contributed by atoms with Crippen LogP contribution in [0.2, 0.25) is 0 Å². The fourth-order valence-corrected chi connectivity index (χ4v) is 6.79. The second-order valence-corrected chi connectivity index (χ2v) is 13.6. The van der Waals surface area contributed by atoms with E-state index in [1.807, 2.05) is 24.3 Å². The van der Waals surface area contributed by atoms with Crippen LogP contribution in [0, 0.1) is 9.39 Å². The number of nitrogens with one attached hydrogen (secondary N) is 2. The molecule has 3 aromatic carbocycles. The average Bonchev–Trinajstić information content (AvgIpc) is 3.36. The molecule has 0 spiro atoms. The number of rotatable bonds is 9. The fourth-order valence-electron chi connectivity index (χ4n) is 6.30. The molecule has 1 saturated carbocycles. The van der Waals surface area contributed by atoms with E-state index < -0.39 is 11.7 Å². The van der Waals surface area contributed by atoms with Crippen molar-refractivity contribution in [1.29, 1.82) is 0 Å². The van der Waals surface area contributed by atoms with Crippen molar-refractivity contribution in [3.8, 4) is 34.3 Å². The number of halogens is 2. The Bertz CT molecular complexity index is 1810. The van der Waals surface area contributed by atoms with Gasteiger partial charge in [-0.1, -0.05) is 18.2 Å². The van der Waals surface area contributed by atoms with E-state index in [2.05, 4.69) is 43.1 Å². The van der Waals surface area contributed by atoms with Crippen LogP contribution in [0.15, 0.2) is 72.9 Å². The molecule has 0 bridgehead atoms. The van der Waals surface area contributed by atoms with Gasteiger partial charge in [0.2, 0.25) is 5.88 Å². The first kappa shape index (κ1) is 34.6. The number of phenols is 2. The zero-order chi connectivity index (χ0) is 34.3. The standard InChI is InChI=1S/C37H38FIN4O6/c38-25-19-33(36(47)42-28-8-6-27(7-9-28)41-35(46)32-20-26(39)5-12-34(32)45)37(40-21-25)49-30-4-1-3-23(18-30)31-11-10-29(44)17-24(31)22-43-13-2-15-48-16-14-43/h1,3-5,10-12,17-21,27-28,44-45H,2,6-9,13-16,22H2,(H,41,46)(H,42,47). The monoisotopic (exact) mass is 780 g/mol. The molecule has 4 aromatic rings. The summed E-state index contributed by atoms with van der Waals surface area (Å²) in [6.07, 6.45) is 4.43. The van der Waals surface area contributed by atoms with Crippen LogP contribution < -0.4 is 15.4 Å². The SMILES string of the molecule is O=C(NC1CCC(NC(=O)c2cc(F)cnc2Oc2cccc(-c3ccc(O)cc3CN3CCCOCC3)c2)CC1)c1cc(I)ccc1O. The molecule has 0 atom stereocenters. The van der Waals surface area contributed by atoms with Gasteiger partial charge in [0.25, 0.3) is 11.8 Å². The molecule has 0 radical (unpaired) electrons. The number of nitrogens with zero attached hydrogens (tertiary/aromatic N) is 2. The molecule has 0 unspecified atom stereocenters. The highest BCUT2D eigenvalue weighted by atomic mass is 127. The van der Waals surface area contributed by atoms with Crippen LogP contribution in [0.25, 0.3) is 11.1 Å². The second-order valence-electron chi connectivity index (χ2n) is 12.4. The molecule has 2 aliphatic rings. The van der Waals surface area contributed by atoms with Gasteiger partial charge in [-0.05, 0) is 120 Å². The lowest BCUT2D eigenvalue weighted by molar-refractivity contribution is 0.0888. The third-order valence-corrected chi connectivity index (χ3v) is 9.49. The minimum Gasteiger partial charge on any atom is -0.508 e. The van der Waals surface area contributed by atoms with Crippen molar-refractivity contribution >= 4 is 34.4 Å². The maximum absolute atomic E-state index is 14.4. The molecule has 49 heavy (non-hydrogen) atoms. The van der Waals surface area contributed by atoms with Crippen LogP contribution in [0.3, 0.4) is 0 Å². The van der Waals surface area contributed by atoms with E-state index in [1.54, 1.807) is 30.3 Å². The molecule has 2 heterocycles. The van der Waals surface area contributed by atoms with E-state index in [0.29, 0.717) is 44.6 Å². The molecule has 6 rings (SSSR count). The van der Waals surface area contributed by atoms with Gasteiger partial charge in [0.15, 0.2) is 0 Å². The third-order valence-electron chi connectivity index (χ3n) is 8.82. The molecule has 1 aromatic heterocycles. The predicted octanol–water partition coefficient (Wildman–Crippen LogP) is 6.39. The number of ether oxygens (including phenoxy) is 2. The first-order chi connectivity index (χ1) is 23.7. The summed E-state index contributed by atoms with van der Waals surface area (Å²) in [5.41, 5.74) is 2.95. The topological polar surface area (TPSA) is 133 Å². The number of benzene rings is 3. The number of carbonyl (C=O) groups excluding carboxylic acids is 2. The lowest BCUT2D eigenvalue weighted by atomic mass is 9.90. The van der Waals surface area contributed by atoms with Crippen molar-refractivity contribution in [2.75, 3.05) is 26.3 Å². The van der Waals surface area contributed by atoms with E-state index >= 15 is 0 Å². The largest absolute Gasteiger partial charge is 0.508 e. The highest BCUT2D eigenvalue weighted by Gasteiger charge is 2.27. The van der Waals surface area contributed by atoms with Crippen molar-refractivity contribution in [3.05, 3.63) is 99.0 Å². The minimum atomic E-state index is -0.663. The third kappa shape index (κ3) is 9.05. The molecule has 4 N–H and O–H groups in total. The smallest absolute Gasteiger partial charge is 0.257 e. The van der Waals surface area contributed by atoms with E-state index in [0.717, 1.165) is 58.6 Å². The summed E-state index contributed by atoms with van der Waals surface area (Å²) in [5.74, 6) is -0.997. The Hall–Kier alpha value is -4.27. The van der Waals surface area contributed by atoms with Gasteiger partial charge in [0, 0.05) is 41.9 Å². The Morgan fingerprint density at radius 1 is 0.918 bits per heavy atom. The average molecular weight is 781 g/mol. The molecular weight excluding hydrogens is 742 g/mol. The van der Waals surface area contributed by atoms with E-state index in [9.17, 15) is 24.2 Å². The summed E-state index contributed by atoms with van der Waals surface area (Å²) in [5, 5.41) is 26.4. The van der Waals surface area contributed by atoms with Crippen molar-refractivity contribution < 1.29 is 33.7 Å². The van der Waals surface area contributed by atoms with Gasteiger partial charge in [0.05, 0.1) is 18.4 Å². The molecule has 2 fully saturated rings. The fraction of sp³-hybridized carbons (Fsp3) is 0.324. The summed E-state index contributed by atoms with van der Waals surface area (Å²) >= 11 is 2.09. The minimum absolute atomic E-state index is 0.0233. The Morgan fingerprint density at radius 3 is 2.45 bits per heavy atom. The van der Waals surface area contributed by atoms with Crippen molar-refractivity contribution in [3.63, 3.8) is 0 Å². The zero-order valence-electron chi connectivity index (χ0n) is 26.8. The van der Waals surface area contributed by atoms with Crippen molar-refractivity contribution in [2.45, 2.75) is 50.7 Å². The Kier molecular flexibility index (Phi) is 11.3. The molecule has 1 aliphatic carbocycles. The van der Waals surface area contributed by atoms with Crippen LogP contribution in [0.4, 0.5) is 4.39 Å². The Balaban J connectivity index is 1.11.